The van der Waals surface area contributed by atoms with Crippen molar-refractivity contribution in [2.75, 3.05) is 0 Å². The number of carbonyl (C=O) groups excluding carboxylic acids is 1. The normalized spacial score (nSPS) is 18.4. The van der Waals surface area contributed by atoms with Crippen molar-refractivity contribution >= 4 is 22.9 Å². The fourth-order valence-corrected chi connectivity index (χ4v) is 2.67. The summed E-state index contributed by atoms with van der Waals surface area (Å²) in [6.45, 7) is 0. The summed E-state index contributed by atoms with van der Waals surface area (Å²) in [5, 5.41) is 0.723. The molecule has 0 bridgehead atoms. The van der Waals surface area contributed by atoms with Crippen LogP contribution in [-0.4, -0.2) is 6.29 Å². The van der Waals surface area contributed by atoms with Crippen LogP contribution < -0.4 is 4.74 Å². The second-order valence-corrected chi connectivity index (χ2v) is 4.59. The van der Waals surface area contributed by atoms with Crippen LogP contribution in [0.2, 0.25) is 0 Å². The predicted molar refractivity (Wildman–Crippen MR) is 66.8 cm³/mol. The highest BCUT2D eigenvalue weighted by atomic mass is 35.5. The highest BCUT2D eigenvalue weighted by Crippen LogP contribution is 2.44. The number of para-hydroxylation sites is 1. The number of ether oxygens (including phenoxy) is 1. The highest BCUT2D eigenvalue weighted by Gasteiger charge is 2.28. The van der Waals surface area contributed by atoms with Crippen LogP contribution in [0.25, 0.3) is 5.03 Å². The van der Waals surface area contributed by atoms with Crippen molar-refractivity contribution in [3.8, 4) is 5.75 Å². The summed E-state index contributed by atoms with van der Waals surface area (Å²) in [4.78, 5) is 11.0. The smallest absolute Gasteiger partial charge is 0.149 e. The molecule has 0 fully saturated rings. The van der Waals surface area contributed by atoms with E-state index in [-0.39, 0.29) is 0 Å². The summed E-state index contributed by atoms with van der Waals surface area (Å²) in [7, 11) is 0. The minimum atomic E-state index is 0.676. The van der Waals surface area contributed by atoms with E-state index in [9.17, 15) is 4.79 Å². The zero-order chi connectivity index (χ0) is 11.8. The van der Waals surface area contributed by atoms with Crippen LogP contribution >= 0.6 is 11.6 Å². The Morgan fingerprint density at radius 1 is 1.24 bits per heavy atom. The second kappa shape index (κ2) is 4.04. The van der Waals surface area contributed by atoms with Gasteiger partial charge >= 0.3 is 0 Å². The van der Waals surface area contributed by atoms with E-state index >= 15 is 0 Å². The van der Waals surface area contributed by atoms with Crippen LogP contribution in [0.4, 0.5) is 0 Å². The summed E-state index contributed by atoms with van der Waals surface area (Å²) in [6.07, 6.45) is 3.48. The molecule has 86 valence electrons. The first-order chi connectivity index (χ1) is 8.31. The Bertz CT molecular complexity index is 555. The lowest BCUT2D eigenvalue weighted by atomic mass is 9.90. The predicted octanol–water partition coefficient (Wildman–Crippen LogP) is 3.67. The Kier molecular flexibility index (Phi) is 2.52. The van der Waals surface area contributed by atoms with Crippen molar-refractivity contribution in [2.45, 2.75) is 19.3 Å². The zero-order valence-electron chi connectivity index (χ0n) is 9.20. The molecule has 1 aromatic rings. The van der Waals surface area contributed by atoms with E-state index in [1.807, 2.05) is 24.3 Å². The number of benzene rings is 1. The topological polar surface area (TPSA) is 26.3 Å². The van der Waals surface area contributed by atoms with Gasteiger partial charge in [-0.25, -0.2) is 0 Å². The van der Waals surface area contributed by atoms with Crippen molar-refractivity contribution in [1.82, 2.24) is 0 Å². The van der Waals surface area contributed by atoms with E-state index in [4.69, 9.17) is 16.3 Å². The van der Waals surface area contributed by atoms with Gasteiger partial charge in [-0.15, -0.1) is 0 Å². The Hall–Kier alpha value is -1.54. The van der Waals surface area contributed by atoms with Gasteiger partial charge in [0.05, 0.1) is 5.03 Å². The third kappa shape index (κ3) is 1.60. The molecule has 0 unspecified atom stereocenters. The SMILES string of the molecule is O=CC1=C2Oc3ccccc3C(Cl)=C2CCC1. The first-order valence-electron chi connectivity index (χ1n) is 5.66. The standard InChI is InChI=1S/C14H11ClO2/c15-13-10-5-1-2-7-12(10)17-14-9(8-16)4-3-6-11(13)14/h1-2,5,7-8H,3-4,6H2. The average Bonchev–Trinajstić information content (AvgIpc) is 2.38. The summed E-state index contributed by atoms with van der Waals surface area (Å²) in [5.74, 6) is 1.41. The molecule has 2 aliphatic rings. The molecule has 0 amide bonds. The van der Waals surface area contributed by atoms with Crippen molar-refractivity contribution in [3.63, 3.8) is 0 Å². The second-order valence-electron chi connectivity index (χ2n) is 4.22. The first kappa shape index (κ1) is 10.6. The molecule has 17 heavy (non-hydrogen) atoms. The van der Waals surface area contributed by atoms with Gasteiger partial charge in [-0.1, -0.05) is 23.7 Å². The van der Waals surface area contributed by atoms with Crippen molar-refractivity contribution in [3.05, 3.63) is 46.7 Å². The van der Waals surface area contributed by atoms with Gasteiger partial charge in [0, 0.05) is 16.7 Å². The summed E-state index contributed by atoms with van der Waals surface area (Å²) in [5.41, 5.74) is 2.61. The van der Waals surface area contributed by atoms with E-state index in [0.29, 0.717) is 5.76 Å². The molecule has 0 atom stereocenters. The molecule has 1 aromatic carbocycles. The van der Waals surface area contributed by atoms with Crippen LogP contribution in [-0.2, 0) is 4.79 Å². The van der Waals surface area contributed by atoms with E-state index in [0.717, 1.165) is 53.0 Å². The molecule has 0 aromatic heterocycles. The average molecular weight is 247 g/mol. The molecule has 0 radical (unpaired) electrons. The van der Waals surface area contributed by atoms with Gasteiger partial charge in [0.25, 0.3) is 0 Å². The van der Waals surface area contributed by atoms with Crippen molar-refractivity contribution < 1.29 is 9.53 Å². The number of carbonyl (C=O) groups is 1. The number of hydrogen-bond acceptors (Lipinski definition) is 2. The minimum Gasteiger partial charge on any atom is -0.456 e. The molecule has 1 heterocycles. The maximum atomic E-state index is 11.0. The van der Waals surface area contributed by atoms with Gasteiger partial charge in [-0.3, -0.25) is 4.79 Å². The summed E-state index contributed by atoms with van der Waals surface area (Å²) < 4.78 is 5.82. The number of aldehydes is 1. The Morgan fingerprint density at radius 3 is 2.88 bits per heavy atom. The molecular formula is C14H11ClO2. The van der Waals surface area contributed by atoms with E-state index in [2.05, 4.69) is 0 Å². The maximum Gasteiger partial charge on any atom is 0.149 e. The lowest BCUT2D eigenvalue weighted by Crippen LogP contribution is -2.14. The molecule has 3 heteroatoms. The minimum absolute atomic E-state index is 0.676. The molecule has 1 aliphatic heterocycles. The number of fused-ring (bicyclic) bond motifs is 2. The number of rotatable bonds is 1. The van der Waals surface area contributed by atoms with E-state index in [1.165, 1.54) is 0 Å². The van der Waals surface area contributed by atoms with Crippen LogP contribution in [0.3, 0.4) is 0 Å². The molecule has 0 N–H and O–H groups in total. The van der Waals surface area contributed by atoms with Gasteiger partial charge in [0.15, 0.2) is 0 Å². The summed E-state index contributed by atoms with van der Waals surface area (Å²) >= 11 is 6.39. The quantitative estimate of drug-likeness (QED) is 0.707. The first-order valence-corrected chi connectivity index (χ1v) is 6.03. The number of hydrogen-bond donors (Lipinski definition) is 0. The third-order valence-corrected chi connectivity index (χ3v) is 3.61. The third-order valence-electron chi connectivity index (χ3n) is 3.18. The van der Waals surface area contributed by atoms with Crippen LogP contribution in [0.5, 0.6) is 5.75 Å². The molecule has 2 nitrogen and oxygen atoms in total. The van der Waals surface area contributed by atoms with Crippen molar-refractivity contribution in [2.24, 2.45) is 0 Å². The highest BCUT2D eigenvalue weighted by molar-refractivity contribution is 6.50. The Labute approximate surface area is 105 Å². The summed E-state index contributed by atoms with van der Waals surface area (Å²) in [6, 6.07) is 7.65. The molecule has 3 rings (SSSR count). The fraction of sp³-hybridized carbons (Fsp3) is 0.214. The van der Waals surface area contributed by atoms with Gasteiger partial charge in [-0.2, -0.15) is 0 Å². The lowest BCUT2D eigenvalue weighted by molar-refractivity contribution is -0.105. The Balaban J connectivity index is 2.24. The lowest BCUT2D eigenvalue weighted by Gasteiger charge is -2.27. The van der Waals surface area contributed by atoms with Crippen LogP contribution in [0, 0.1) is 0 Å². The van der Waals surface area contributed by atoms with Crippen LogP contribution in [0.15, 0.2) is 41.2 Å². The van der Waals surface area contributed by atoms with Gasteiger partial charge < -0.3 is 4.74 Å². The van der Waals surface area contributed by atoms with Crippen LogP contribution in [0.1, 0.15) is 24.8 Å². The van der Waals surface area contributed by atoms with Gasteiger partial charge in [-0.05, 0) is 31.4 Å². The van der Waals surface area contributed by atoms with E-state index in [1.54, 1.807) is 0 Å². The molecular weight excluding hydrogens is 236 g/mol. The number of allylic oxidation sites excluding steroid dienone is 2. The largest absolute Gasteiger partial charge is 0.456 e. The monoisotopic (exact) mass is 246 g/mol. The van der Waals surface area contributed by atoms with E-state index < -0.39 is 0 Å². The molecule has 0 saturated carbocycles. The van der Waals surface area contributed by atoms with Gasteiger partial charge in [0.2, 0.25) is 0 Å². The van der Waals surface area contributed by atoms with Crippen molar-refractivity contribution in [1.29, 1.82) is 0 Å². The Morgan fingerprint density at radius 2 is 2.06 bits per heavy atom. The molecule has 0 spiro atoms. The molecule has 0 saturated heterocycles. The molecule has 1 aliphatic carbocycles. The van der Waals surface area contributed by atoms with Gasteiger partial charge in [0.1, 0.15) is 17.8 Å². The number of halogens is 1. The maximum absolute atomic E-state index is 11.0. The zero-order valence-corrected chi connectivity index (χ0v) is 9.96. The fourth-order valence-electron chi connectivity index (χ4n) is 2.33.